The molecular formula is C23H23F3N4O2. The third-order valence-electron chi connectivity index (χ3n) is 4.86. The number of aromatic nitrogens is 1. The summed E-state index contributed by atoms with van der Waals surface area (Å²) in [6.45, 7) is -1.50. The number of amides is 1. The number of nitrogens with two attached hydrogens (primary N) is 1. The van der Waals surface area contributed by atoms with Gasteiger partial charge in [0.1, 0.15) is 6.61 Å². The Balaban J connectivity index is 1.71. The van der Waals surface area contributed by atoms with Crippen LogP contribution in [-0.4, -0.2) is 29.9 Å². The summed E-state index contributed by atoms with van der Waals surface area (Å²) in [7, 11) is 0. The number of alkyl halides is 3. The van der Waals surface area contributed by atoms with Gasteiger partial charge < -0.3 is 21.2 Å². The number of carbonyl (C=O) groups is 1. The van der Waals surface area contributed by atoms with Crippen molar-refractivity contribution in [2.45, 2.75) is 31.5 Å². The van der Waals surface area contributed by atoms with Gasteiger partial charge in [-0.1, -0.05) is 6.07 Å². The summed E-state index contributed by atoms with van der Waals surface area (Å²) in [6, 6.07) is 6.89. The van der Waals surface area contributed by atoms with E-state index in [9.17, 15) is 18.0 Å². The molecule has 1 aliphatic carbocycles. The Bertz CT molecular complexity index is 1040. The number of nitrogens with one attached hydrogen (secondary N) is 2. The topological polar surface area (TPSA) is 101 Å². The zero-order valence-corrected chi connectivity index (χ0v) is 17.2. The molecule has 3 rings (SSSR count). The molecule has 0 saturated heterocycles. The lowest BCUT2D eigenvalue weighted by Crippen LogP contribution is -2.17. The van der Waals surface area contributed by atoms with Gasteiger partial charge in [0.25, 0.3) is 0 Å². The first-order valence-electron chi connectivity index (χ1n) is 9.94. The highest BCUT2D eigenvalue weighted by Crippen LogP contribution is 2.42. The van der Waals surface area contributed by atoms with Crippen LogP contribution in [-0.2, 0) is 16.1 Å². The third kappa shape index (κ3) is 6.52. The second-order valence-electron chi connectivity index (χ2n) is 7.35. The van der Waals surface area contributed by atoms with Gasteiger partial charge in [-0.15, -0.1) is 0 Å². The number of allylic oxidation sites excluding steroid dienone is 1. The molecule has 1 heterocycles. The Morgan fingerprint density at radius 2 is 2.09 bits per heavy atom. The molecule has 1 fully saturated rings. The Morgan fingerprint density at radius 3 is 2.75 bits per heavy atom. The van der Waals surface area contributed by atoms with Gasteiger partial charge in [-0.3, -0.25) is 9.78 Å². The number of hydrogen-bond donors (Lipinski definition) is 3. The number of pyridine rings is 1. The molecule has 4 N–H and O–H groups in total. The molecule has 0 unspecified atom stereocenters. The highest BCUT2D eigenvalue weighted by Gasteiger charge is 2.29. The fourth-order valence-corrected chi connectivity index (χ4v) is 3.25. The van der Waals surface area contributed by atoms with Crippen molar-refractivity contribution >= 4 is 29.5 Å². The van der Waals surface area contributed by atoms with E-state index in [0.29, 0.717) is 33.9 Å². The predicted molar refractivity (Wildman–Crippen MR) is 117 cm³/mol. The smallest absolute Gasteiger partial charge is 0.404 e. The minimum absolute atomic E-state index is 0.179. The van der Waals surface area contributed by atoms with Crippen molar-refractivity contribution in [3.63, 3.8) is 0 Å². The second-order valence-corrected chi connectivity index (χ2v) is 7.35. The van der Waals surface area contributed by atoms with Crippen LogP contribution in [0.15, 0.2) is 48.9 Å². The monoisotopic (exact) mass is 444 g/mol. The van der Waals surface area contributed by atoms with Crippen LogP contribution in [0.3, 0.4) is 0 Å². The molecule has 9 heteroatoms. The van der Waals surface area contributed by atoms with Crippen molar-refractivity contribution < 1.29 is 22.7 Å². The summed E-state index contributed by atoms with van der Waals surface area (Å²) in [5.74, 6) is -0.0963. The standard InChI is InChI=1S/C23H23F3N4O2/c24-23(25,26)14-32-13-17-9-19(4-5-20(17)15-1-2-15)30-22(31)6-3-16-12-29-8-7-21(16)18(10-27)11-28/h3-12,15,27H,1-2,13-14,28H2,(H,30,31)/b6-3+,18-11?,27-10?. The van der Waals surface area contributed by atoms with E-state index in [2.05, 4.69) is 10.3 Å². The molecule has 1 aromatic heterocycles. The minimum atomic E-state index is -4.39. The van der Waals surface area contributed by atoms with Crippen LogP contribution in [0.5, 0.6) is 0 Å². The van der Waals surface area contributed by atoms with Gasteiger partial charge in [0.05, 0.1) is 6.61 Å². The zero-order valence-electron chi connectivity index (χ0n) is 17.2. The number of nitrogens with zero attached hydrogens (tertiary/aromatic N) is 1. The molecule has 0 radical (unpaired) electrons. The Kier molecular flexibility index (Phi) is 7.42. The van der Waals surface area contributed by atoms with Gasteiger partial charge in [-0.2, -0.15) is 13.2 Å². The molecule has 1 saturated carbocycles. The maximum Gasteiger partial charge on any atom is 0.411 e. The second kappa shape index (κ2) is 10.2. The summed E-state index contributed by atoms with van der Waals surface area (Å²) < 4.78 is 42.1. The molecule has 32 heavy (non-hydrogen) atoms. The first-order chi connectivity index (χ1) is 15.3. The van der Waals surface area contributed by atoms with E-state index in [1.54, 1.807) is 36.7 Å². The van der Waals surface area contributed by atoms with Gasteiger partial charge in [0.2, 0.25) is 5.91 Å². The minimum Gasteiger partial charge on any atom is -0.404 e. The van der Waals surface area contributed by atoms with E-state index in [4.69, 9.17) is 15.9 Å². The van der Waals surface area contributed by atoms with E-state index in [0.717, 1.165) is 24.6 Å². The van der Waals surface area contributed by atoms with E-state index in [1.807, 2.05) is 6.07 Å². The van der Waals surface area contributed by atoms with Crippen LogP contribution >= 0.6 is 0 Å². The highest BCUT2D eigenvalue weighted by molar-refractivity contribution is 6.10. The lowest BCUT2D eigenvalue weighted by atomic mass is 10.0. The van der Waals surface area contributed by atoms with Crippen LogP contribution in [0.4, 0.5) is 18.9 Å². The van der Waals surface area contributed by atoms with E-state index in [1.165, 1.54) is 12.3 Å². The summed E-state index contributed by atoms with van der Waals surface area (Å²) in [5, 5.41) is 10.2. The van der Waals surface area contributed by atoms with Crippen molar-refractivity contribution in [1.82, 2.24) is 4.98 Å². The van der Waals surface area contributed by atoms with Gasteiger partial charge in [0, 0.05) is 47.7 Å². The third-order valence-corrected chi connectivity index (χ3v) is 4.86. The van der Waals surface area contributed by atoms with E-state index < -0.39 is 18.7 Å². The maximum absolute atomic E-state index is 12.4. The molecule has 0 atom stereocenters. The fourth-order valence-electron chi connectivity index (χ4n) is 3.25. The van der Waals surface area contributed by atoms with Gasteiger partial charge in [-0.05, 0) is 59.7 Å². The molecule has 168 valence electrons. The van der Waals surface area contributed by atoms with E-state index in [-0.39, 0.29) is 6.61 Å². The largest absolute Gasteiger partial charge is 0.411 e. The molecule has 2 aromatic rings. The van der Waals surface area contributed by atoms with Crippen LogP contribution in [0.1, 0.15) is 41.0 Å². The molecule has 1 aromatic carbocycles. The van der Waals surface area contributed by atoms with Crippen LogP contribution < -0.4 is 11.1 Å². The van der Waals surface area contributed by atoms with Crippen molar-refractivity contribution in [3.05, 3.63) is 71.2 Å². The van der Waals surface area contributed by atoms with Gasteiger partial charge in [0.15, 0.2) is 0 Å². The molecule has 0 spiro atoms. The number of benzene rings is 1. The summed E-state index contributed by atoms with van der Waals surface area (Å²) in [4.78, 5) is 16.4. The fraction of sp³-hybridized carbons (Fsp3) is 0.261. The van der Waals surface area contributed by atoms with Crippen molar-refractivity contribution in [2.75, 3.05) is 11.9 Å². The molecule has 6 nitrogen and oxygen atoms in total. The van der Waals surface area contributed by atoms with Gasteiger partial charge in [-0.25, -0.2) is 0 Å². The van der Waals surface area contributed by atoms with Crippen LogP contribution in [0, 0.1) is 5.41 Å². The Hall–Kier alpha value is -3.46. The quantitative estimate of drug-likeness (QED) is 0.387. The molecule has 1 aliphatic rings. The predicted octanol–water partition coefficient (Wildman–Crippen LogP) is 4.64. The SMILES string of the molecule is N=CC(=CN)c1ccncc1/C=C/C(=O)Nc1ccc(C2CC2)c(COCC(F)(F)F)c1. The summed E-state index contributed by atoms with van der Waals surface area (Å²) in [5.41, 5.74) is 9.33. The van der Waals surface area contributed by atoms with Gasteiger partial charge >= 0.3 is 6.18 Å². The first-order valence-corrected chi connectivity index (χ1v) is 9.94. The lowest BCUT2D eigenvalue weighted by Gasteiger charge is -2.13. The molecule has 0 aliphatic heterocycles. The van der Waals surface area contributed by atoms with Crippen LogP contribution in [0.25, 0.3) is 11.6 Å². The Labute approximate surface area is 183 Å². The summed E-state index contributed by atoms with van der Waals surface area (Å²) >= 11 is 0. The molecular weight excluding hydrogens is 421 g/mol. The lowest BCUT2D eigenvalue weighted by molar-refractivity contribution is -0.176. The Morgan fingerprint density at radius 1 is 1.31 bits per heavy atom. The van der Waals surface area contributed by atoms with Crippen molar-refractivity contribution in [3.8, 4) is 0 Å². The maximum atomic E-state index is 12.4. The number of rotatable bonds is 9. The zero-order chi connectivity index (χ0) is 23.1. The number of halogens is 3. The van der Waals surface area contributed by atoms with Crippen molar-refractivity contribution in [1.29, 1.82) is 5.41 Å². The number of carbonyl (C=O) groups excluding carboxylic acids is 1. The first kappa shape index (κ1) is 23.2. The van der Waals surface area contributed by atoms with Crippen molar-refractivity contribution in [2.24, 2.45) is 5.73 Å². The number of ether oxygens (including phenoxy) is 1. The van der Waals surface area contributed by atoms with E-state index >= 15 is 0 Å². The summed E-state index contributed by atoms with van der Waals surface area (Å²) in [6.07, 6.45) is 5.96. The number of hydrogen-bond acceptors (Lipinski definition) is 5. The molecule has 1 amide bonds. The molecule has 0 bridgehead atoms. The van der Waals surface area contributed by atoms with Crippen LogP contribution in [0.2, 0.25) is 0 Å². The average Bonchev–Trinajstić information content (AvgIpc) is 3.58. The normalized spacial score (nSPS) is 14.5. The average molecular weight is 444 g/mol. The highest BCUT2D eigenvalue weighted by atomic mass is 19.4. The number of anilines is 1.